The Balaban J connectivity index is 1.92. The van der Waals surface area contributed by atoms with Gasteiger partial charge in [0.1, 0.15) is 0 Å². The Hall–Kier alpha value is -0.0800. The van der Waals surface area contributed by atoms with Gasteiger partial charge in [-0.05, 0) is 45.1 Å². The van der Waals surface area contributed by atoms with Crippen LogP contribution in [-0.4, -0.2) is 30.1 Å². The SMILES string of the molecule is CCC[C@H](N)C1CC2CCC(C1)N2C. The maximum absolute atomic E-state index is 6.24. The van der Waals surface area contributed by atoms with Gasteiger partial charge in [-0.1, -0.05) is 13.3 Å². The highest BCUT2D eigenvalue weighted by Crippen LogP contribution is 2.38. The fraction of sp³-hybridized carbons (Fsp3) is 1.00. The lowest BCUT2D eigenvalue weighted by molar-refractivity contribution is 0.118. The standard InChI is InChI=1S/C12H24N2/c1-3-4-12(13)9-7-10-5-6-11(8-9)14(10)2/h9-12H,3-8,13H2,1-2H3/t9?,10?,11?,12-/m0/s1. The first kappa shape index (κ1) is 10.4. The van der Waals surface area contributed by atoms with Gasteiger partial charge in [-0.15, -0.1) is 0 Å². The van der Waals surface area contributed by atoms with E-state index in [1.807, 2.05) is 0 Å². The summed E-state index contributed by atoms with van der Waals surface area (Å²) in [5.74, 6) is 0.809. The van der Waals surface area contributed by atoms with Crippen LogP contribution in [0.4, 0.5) is 0 Å². The van der Waals surface area contributed by atoms with Gasteiger partial charge in [0.2, 0.25) is 0 Å². The third-order valence-corrected chi connectivity index (χ3v) is 4.36. The summed E-state index contributed by atoms with van der Waals surface area (Å²) < 4.78 is 0. The van der Waals surface area contributed by atoms with Gasteiger partial charge >= 0.3 is 0 Å². The fourth-order valence-corrected chi connectivity index (χ4v) is 3.37. The van der Waals surface area contributed by atoms with Crippen molar-refractivity contribution < 1.29 is 0 Å². The second-order valence-corrected chi connectivity index (χ2v) is 5.23. The van der Waals surface area contributed by atoms with Crippen molar-refractivity contribution in [3.63, 3.8) is 0 Å². The smallest absolute Gasteiger partial charge is 0.00989 e. The van der Waals surface area contributed by atoms with Crippen molar-refractivity contribution in [2.45, 2.75) is 63.6 Å². The summed E-state index contributed by atoms with van der Waals surface area (Å²) in [7, 11) is 2.30. The largest absolute Gasteiger partial charge is 0.327 e. The van der Waals surface area contributed by atoms with Crippen LogP contribution >= 0.6 is 0 Å². The molecule has 2 saturated heterocycles. The Morgan fingerprint density at radius 2 is 1.86 bits per heavy atom. The van der Waals surface area contributed by atoms with Crippen LogP contribution in [0.2, 0.25) is 0 Å². The number of nitrogens with two attached hydrogens (primary N) is 1. The third kappa shape index (κ3) is 1.82. The molecule has 14 heavy (non-hydrogen) atoms. The molecule has 0 spiro atoms. The Kier molecular flexibility index (Phi) is 3.13. The molecule has 0 aliphatic carbocycles. The molecule has 2 heterocycles. The van der Waals surface area contributed by atoms with E-state index in [1.54, 1.807) is 0 Å². The van der Waals surface area contributed by atoms with E-state index in [0.29, 0.717) is 6.04 Å². The van der Waals surface area contributed by atoms with Crippen LogP contribution in [0.1, 0.15) is 45.4 Å². The zero-order valence-electron chi connectivity index (χ0n) is 9.58. The molecule has 2 unspecified atom stereocenters. The highest BCUT2D eigenvalue weighted by Gasteiger charge is 2.39. The van der Waals surface area contributed by atoms with Gasteiger partial charge < -0.3 is 10.6 Å². The number of hydrogen-bond donors (Lipinski definition) is 1. The van der Waals surface area contributed by atoms with Crippen molar-refractivity contribution in [2.75, 3.05) is 7.05 Å². The lowest BCUT2D eigenvalue weighted by Crippen LogP contribution is -2.45. The molecule has 2 aliphatic heterocycles. The topological polar surface area (TPSA) is 29.3 Å². The quantitative estimate of drug-likeness (QED) is 0.748. The fourth-order valence-electron chi connectivity index (χ4n) is 3.37. The monoisotopic (exact) mass is 196 g/mol. The van der Waals surface area contributed by atoms with Crippen LogP contribution in [0, 0.1) is 5.92 Å². The summed E-state index contributed by atoms with van der Waals surface area (Å²) in [4.78, 5) is 2.59. The van der Waals surface area contributed by atoms with Gasteiger partial charge in [-0.3, -0.25) is 0 Å². The van der Waals surface area contributed by atoms with Crippen LogP contribution in [-0.2, 0) is 0 Å². The number of fused-ring (bicyclic) bond motifs is 2. The van der Waals surface area contributed by atoms with Crippen molar-refractivity contribution in [1.82, 2.24) is 4.90 Å². The van der Waals surface area contributed by atoms with Gasteiger partial charge in [0, 0.05) is 18.1 Å². The van der Waals surface area contributed by atoms with Crippen molar-refractivity contribution in [3.8, 4) is 0 Å². The minimum absolute atomic E-state index is 0.469. The lowest BCUT2D eigenvalue weighted by atomic mass is 9.84. The Labute approximate surface area is 87.8 Å². The Morgan fingerprint density at radius 1 is 1.29 bits per heavy atom. The molecule has 0 aromatic carbocycles. The maximum Gasteiger partial charge on any atom is 0.00989 e. The van der Waals surface area contributed by atoms with Gasteiger partial charge in [-0.25, -0.2) is 0 Å². The number of piperidine rings is 1. The lowest BCUT2D eigenvalue weighted by Gasteiger charge is -2.38. The van der Waals surface area contributed by atoms with E-state index in [2.05, 4.69) is 18.9 Å². The predicted octanol–water partition coefficient (Wildman–Crippen LogP) is 1.99. The third-order valence-electron chi connectivity index (χ3n) is 4.36. The van der Waals surface area contributed by atoms with Crippen molar-refractivity contribution >= 4 is 0 Å². The molecule has 2 fully saturated rings. The average Bonchev–Trinajstić information content (AvgIpc) is 2.42. The Bertz CT molecular complexity index is 179. The molecule has 0 aromatic rings. The summed E-state index contributed by atoms with van der Waals surface area (Å²) in [6.07, 6.45) is 7.99. The molecule has 2 rings (SSSR count). The van der Waals surface area contributed by atoms with Gasteiger partial charge in [0.05, 0.1) is 0 Å². The molecular formula is C12H24N2. The highest BCUT2D eigenvalue weighted by atomic mass is 15.2. The van der Waals surface area contributed by atoms with E-state index in [-0.39, 0.29) is 0 Å². The van der Waals surface area contributed by atoms with Gasteiger partial charge in [-0.2, -0.15) is 0 Å². The van der Waals surface area contributed by atoms with Crippen LogP contribution < -0.4 is 5.73 Å². The van der Waals surface area contributed by atoms with E-state index in [9.17, 15) is 0 Å². The summed E-state index contributed by atoms with van der Waals surface area (Å²) >= 11 is 0. The molecule has 3 atom stereocenters. The summed E-state index contributed by atoms with van der Waals surface area (Å²) in [6.45, 7) is 2.24. The second kappa shape index (κ2) is 4.19. The number of hydrogen-bond acceptors (Lipinski definition) is 2. The zero-order chi connectivity index (χ0) is 10.1. The van der Waals surface area contributed by atoms with Crippen molar-refractivity contribution in [3.05, 3.63) is 0 Å². The van der Waals surface area contributed by atoms with E-state index < -0.39 is 0 Å². The molecule has 0 aromatic heterocycles. The molecular weight excluding hydrogens is 172 g/mol. The predicted molar refractivity (Wildman–Crippen MR) is 60.2 cm³/mol. The first-order valence-electron chi connectivity index (χ1n) is 6.20. The van der Waals surface area contributed by atoms with Crippen molar-refractivity contribution in [2.24, 2.45) is 11.7 Å². The van der Waals surface area contributed by atoms with Crippen LogP contribution in [0.25, 0.3) is 0 Å². The minimum Gasteiger partial charge on any atom is -0.327 e. The van der Waals surface area contributed by atoms with Gasteiger partial charge in [0.25, 0.3) is 0 Å². The van der Waals surface area contributed by atoms with E-state index in [0.717, 1.165) is 18.0 Å². The molecule has 0 radical (unpaired) electrons. The average molecular weight is 196 g/mol. The van der Waals surface area contributed by atoms with E-state index in [1.165, 1.54) is 38.5 Å². The van der Waals surface area contributed by atoms with Gasteiger partial charge in [0.15, 0.2) is 0 Å². The molecule has 2 bridgehead atoms. The molecule has 2 N–H and O–H groups in total. The Morgan fingerprint density at radius 3 is 2.36 bits per heavy atom. The molecule has 2 aliphatic rings. The van der Waals surface area contributed by atoms with Crippen LogP contribution in [0.3, 0.4) is 0 Å². The number of nitrogens with zero attached hydrogens (tertiary/aromatic N) is 1. The molecule has 0 amide bonds. The first-order chi connectivity index (χ1) is 6.72. The normalized spacial score (nSPS) is 40.1. The summed E-state index contributed by atoms with van der Waals surface area (Å²) in [5.41, 5.74) is 6.24. The highest BCUT2D eigenvalue weighted by molar-refractivity contribution is 4.95. The molecule has 2 nitrogen and oxygen atoms in total. The van der Waals surface area contributed by atoms with Crippen LogP contribution in [0.5, 0.6) is 0 Å². The zero-order valence-corrected chi connectivity index (χ0v) is 9.58. The number of rotatable bonds is 3. The maximum atomic E-state index is 6.24. The van der Waals surface area contributed by atoms with E-state index >= 15 is 0 Å². The summed E-state index contributed by atoms with van der Waals surface area (Å²) in [6, 6.07) is 2.17. The van der Waals surface area contributed by atoms with Crippen LogP contribution in [0.15, 0.2) is 0 Å². The van der Waals surface area contributed by atoms with Crippen molar-refractivity contribution in [1.29, 1.82) is 0 Å². The molecule has 2 heteroatoms. The summed E-state index contributed by atoms with van der Waals surface area (Å²) in [5, 5.41) is 0. The first-order valence-corrected chi connectivity index (χ1v) is 6.20. The minimum atomic E-state index is 0.469. The van der Waals surface area contributed by atoms with E-state index in [4.69, 9.17) is 5.73 Å². The molecule has 82 valence electrons. The second-order valence-electron chi connectivity index (χ2n) is 5.23. The molecule has 0 saturated carbocycles.